The zero-order valence-corrected chi connectivity index (χ0v) is 17.9. The largest absolute Gasteiger partial charge is 0.314 e. The van der Waals surface area contributed by atoms with Gasteiger partial charge in [-0.15, -0.1) is 24.8 Å². The van der Waals surface area contributed by atoms with Crippen LogP contribution in [0.3, 0.4) is 0 Å². The maximum Gasteiger partial charge on any atom is 0.0349 e. The minimum atomic E-state index is 0. The molecule has 1 N–H and O–H groups in total. The van der Waals surface area contributed by atoms with Gasteiger partial charge in [0, 0.05) is 32.2 Å². The predicted octanol–water partition coefficient (Wildman–Crippen LogP) is 5.63. The Balaban J connectivity index is 0.00000131. The van der Waals surface area contributed by atoms with Crippen molar-refractivity contribution in [3.05, 3.63) is 59.2 Å². The van der Waals surface area contributed by atoms with Crippen molar-refractivity contribution in [3.8, 4) is 11.1 Å². The molecule has 2 nitrogen and oxygen atoms in total. The van der Waals surface area contributed by atoms with Gasteiger partial charge >= 0.3 is 0 Å². The number of halogens is 2. The van der Waals surface area contributed by atoms with Crippen molar-refractivity contribution in [1.29, 1.82) is 0 Å². The van der Waals surface area contributed by atoms with Gasteiger partial charge in [-0.05, 0) is 40.7 Å². The Hall–Kier alpha value is -1.06. The van der Waals surface area contributed by atoms with E-state index in [1.54, 1.807) is 0 Å². The molecule has 1 atom stereocenters. The van der Waals surface area contributed by atoms with Crippen molar-refractivity contribution >= 4 is 24.8 Å². The van der Waals surface area contributed by atoms with Crippen LogP contribution in [-0.4, -0.2) is 31.1 Å². The zero-order valence-electron chi connectivity index (χ0n) is 16.2. The first kappa shape index (κ1) is 22.2. The van der Waals surface area contributed by atoms with Crippen LogP contribution in [0, 0.1) is 0 Å². The smallest absolute Gasteiger partial charge is 0.0349 e. The summed E-state index contributed by atoms with van der Waals surface area (Å²) in [7, 11) is 0. The molecule has 1 heterocycles. The number of piperazine rings is 1. The number of hydrogen-bond acceptors (Lipinski definition) is 2. The van der Waals surface area contributed by atoms with Crippen LogP contribution in [0.4, 0.5) is 0 Å². The summed E-state index contributed by atoms with van der Waals surface area (Å²) in [6.45, 7) is 6.90. The van der Waals surface area contributed by atoms with E-state index in [9.17, 15) is 0 Å². The molecular formula is C23H32Cl2N2. The van der Waals surface area contributed by atoms with Crippen LogP contribution in [0.25, 0.3) is 11.1 Å². The molecule has 1 aliphatic heterocycles. The second-order valence-electron chi connectivity index (χ2n) is 7.55. The molecular weight excluding hydrogens is 375 g/mol. The third-order valence-corrected chi connectivity index (χ3v) is 5.88. The van der Waals surface area contributed by atoms with E-state index < -0.39 is 0 Å². The number of rotatable bonds is 6. The van der Waals surface area contributed by atoms with Crippen LogP contribution in [-0.2, 0) is 6.42 Å². The maximum atomic E-state index is 3.50. The molecule has 0 saturated carbocycles. The van der Waals surface area contributed by atoms with E-state index in [0.29, 0.717) is 6.04 Å². The lowest BCUT2D eigenvalue weighted by molar-refractivity contribution is 0.162. The second-order valence-corrected chi connectivity index (χ2v) is 7.55. The summed E-state index contributed by atoms with van der Waals surface area (Å²) in [5.41, 5.74) is 7.43. The molecule has 2 aliphatic rings. The molecule has 0 spiro atoms. The Kier molecular flexibility index (Phi) is 8.62. The number of benzene rings is 2. The molecule has 2 aromatic rings. The number of hydrogen-bond donors (Lipinski definition) is 1. The Morgan fingerprint density at radius 3 is 2.44 bits per heavy atom. The molecule has 0 unspecified atom stereocenters. The second kappa shape index (κ2) is 10.5. The number of nitrogens with one attached hydrogen (secondary N) is 1. The first-order valence-corrected chi connectivity index (χ1v) is 10.0. The summed E-state index contributed by atoms with van der Waals surface area (Å²) < 4.78 is 0. The van der Waals surface area contributed by atoms with E-state index in [-0.39, 0.29) is 24.8 Å². The van der Waals surface area contributed by atoms with Gasteiger partial charge < -0.3 is 5.32 Å². The molecule has 0 aromatic heterocycles. The SMILES string of the molecule is CCCCC[C@H](c1ccc2c(c1)Cc1ccccc1-2)N1CCNCC1.Cl.Cl. The van der Waals surface area contributed by atoms with E-state index in [1.807, 2.05) is 0 Å². The third kappa shape index (κ3) is 4.86. The molecule has 0 bridgehead atoms. The maximum absolute atomic E-state index is 3.50. The summed E-state index contributed by atoms with van der Waals surface area (Å²) >= 11 is 0. The fraction of sp³-hybridized carbons (Fsp3) is 0.478. The molecule has 1 fully saturated rings. The minimum Gasteiger partial charge on any atom is -0.314 e. The Morgan fingerprint density at radius 2 is 1.67 bits per heavy atom. The van der Waals surface area contributed by atoms with Crippen LogP contribution in [0.15, 0.2) is 42.5 Å². The fourth-order valence-electron chi connectivity index (χ4n) is 4.51. The van der Waals surface area contributed by atoms with Gasteiger partial charge in [0.25, 0.3) is 0 Å². The van der Waals surface area contributed by atoms with Crippen LogP contribution in [0.1, 0.15) is 55.3 Å². The Bertz CT molecular complexity index is 726. The van der Waals surface area contributed by atoms with Crippen LogP contribution in [0.2, 0.25) is 0 Å². The van der Waals surface area contributed by atoms with Gasteiger partial charge in [-0.25, -0.2) is 0 Å². The van der Waals surface area contributed by atoms with Gasteiger partial charge in [0.05, 0.1) is 0 Å². The highest BCUT2D eigenvalue weighted by atomic mass is 35.5. The molecule has 4 heteroatoms. The number of nitrogens with zero attached hydrogens (tertiary/aromatic N) is 1. The van der Waals surface area contributed by atoms with E-state index in [4.69, 9.17) is 0 Å². The van der Waals surface area contributed by atoms with Gasteiger partial charge in [-0.3, -0.25) is 4.90 Å². The minimum absolute atomic E-state index is 0. The van der Waals surface area contributed by atoms with Crippen molar-refractivity contribution < 1.29 is 0 Å². The van der Waals surface area contributed by atoms with Crippen molar-refractivity contribution in [2.45, 2.75) is 45.1 Å². The highest BCUT2D eigenvalue weighted by molar-refractivity contribution is 5.85. The predicted molar refractivity (Wildman–Crippen MR) is 121 cm³/mol. The monoisotopic (exact) mass is 406 g/mol. The average Bonchev–Trinajstić information content (AvgIpc) is 3.04. The molecule has 27 heavy (non-hydrogen) atoms. The molecule has 4 rings (SSSR count). The van der Waals surface area contributed by atoms with Gasteiger partial charge in [-0.2, -0.15) is 0 Å². The summed E-state index contributed by atoms with van der Waals surface area (Å²) in [5.74, 6) is 0. The fourth-order valence-corrected chi connectivity index (χ4v) is 4.51. The lowest BCUT2D eigenvalue weighted by Gasteiger charge is -2.35. The standard InChI is InChI=1S/C23H30N2.2ClH/c1-2-3-4-9-23(25-14-12-24-13-15-25)19-10-11-22-20(17-19)16-18-7-5-6-8-21(18)22;;/h5-8,10-11,17,23-24H,2-4,9,12-16H2,1H3;2*1H/t23-;;/m1../s1. The molecule has 1 aliphatic carbocycles. The summed E-state index contributed by atoms with van der Waals surface area (Å²) in [5, 5.41) is 3.50. The van der Waals surface area contributed by atoms with Crippen LogP contribution < -0.4 is 5.32 Å². The number of fused-ring (bicyclic) bond motifs is 3. The highest BCUT2D eigenvalue weighted by Gasteiger charge is 2.24. The first-order chi connectivity index (χ1) is 12.4. The van der Waals surface area contributed by atoms with Crippen molar-refractivity contribution in [2.24, 2.45) is 0 Å². The topological polar surface area (TPSA) is 15.3 Å². The average molecular weight is 407 g/mol. The molecule has 2 aromatic carbocycles. The summed E-state index contributed by atoms with van der Waals surface area (Å²) in [6, 6.07) is 16.8. The van der Waals surface area contributed by atoms with Gasteiger partial charge in [0.15, 0.2) is 0 Å². The van der Waals surface area contributed by atoms with Crippen molar-refractivity contribution in [1.82, 2.24) is 10.2 Å². The van der Waals surface area contributed by atoms with E-state index in [1.165, 1.54) is 66.6 Å². The Morgan fingerprint density at radius 1 is 0.926 bits per heavy atom. The summed E-state index contributed by atoms with van der Waals surface area (Å²) in [6.07, 6.45) is 6.37. The van der Waals surface area contributed by atoms with Gasteiger partial charge in [0.2, 0.25) is 0 Å². The van der Waals surface area contributed by atoms with Crippen LogP contribution in [0.5, 0.6) is 0 Å². The molecule has 148 valence electrons. The normalized spacial score (nSPS) is 16.6. The van der Waals surface area contributed by atoms with Gasteiger partial charge in [0.1, 0.15) is 0 Å². The van der Waals surface area contributed by atoms with E-state index >= 15 is 0 Å². The first-order valence-electron chi connectivity index (χ1n) is 10.0. The molecule has 1 saturated heterocycles. The molecule has 0 radical (unpaired) electrons. The van der Waals surface area contributed by atoms with E-state index in [0.717, 1.165) is 19.5 Å². The van der Waals surface area contributed by atoms with Crippen LogP contribution >= 0.6 is 24.8 Å². The highest BCUT2D eigenvalue weighted by Crippen LogP contribution is 2.39. The zero-order chi connectivity index (χ0) is 17.1. The Labute approximate surface area is 176 Å². The number of unbranched alkanes of at least 4 members (excludes halogenated alkanes) is 2. The lowest BCUT2D eigenvalue weighted by Crippen LogP contribution is -2.45. The van der Waals surface area contributed by atoms with Crippen molar-refractivity contribution in [2.75, 3.05) is 26.2 Å². The van der Waals surface area contributed by atoms with Gasteiger partial charge in [-0.1, -0.05) is 68.7 Å². The van der Waals surface area contributed by atoms with E-state index in [2.05, 4.69) is 59.6 Å². The summed E-state index contributed by atoms with van der Waals surface area (Å²) in [4.78, 5) is 2.70. The quantitative estimate of drug-likeness (QED) is 0.533. The lowest BCUT2D eigenvalue weighted by atomic mass is 9.94. The van der Waals surface area contributed by atoms with Crippen molar-refractivity contribution in [3.63, 3.8) is 0 Å². The molecule has 0 amide bonds. The third-order valence-electron chi connectivity index (χ3n) is 5.88.